The Morgan fingerprint density at radius 1 is 1.31 bits per heavy atom. The standard InChI is InChI=1S/C13H12ClNO/c1-15-11-6-5-8(14)7-10(11)9-3-2-4-12(16)13(9)15/h5-7H,2-4H2,1H3. The number of benzene rings is 1. The number of ketones is 1. The Labute approximate surface area is 98.8 Å². The van der Waals surface area contributed by atoms with Crippen molar-refractivity contribution < 1.29 is 4.79 Å². The van der Waals surface area contributed by atoms with Crippen LogP contribution in [-0.2, 0) is 13.5 Å². The zero-order chi connectivity index (χ0) is 11.3. The fraction of sp³-hybridized carbons (Fsp3) is 0.308. The van der Waals surface area contributed by atoms with Gasteiger partial charge >= 0.3 is 0 Å². The van der Waals surface area contributed by atoms with Crippen molar-refractivity contribution in [2.75, 3.05) is 0 Å². The molecule has 0 aliphatic heterocycles. The van der Waals surface area contributed by atoms with E-state index >= 15 is 0 Å². The summed E-state index contributed by atoms with van der Waals surface area (Å²) in [7, 11) is 1.96. The number of carbonyl (C=O) groups excluding carboxylic acids is 1. The predicted octanol–water partition coefficient (Wildman–Crippen LogP) is 3.35. The maximum atomic E-state index is 11.9. The van der Waals surface area contributed by atoms with Gasteiger partial charge in [0.15, 0.2) is 5.78 Å². The highest BCUT2D eigenvalue weighted by molar-refractivity contribution is 6.31. The van der Waals surface area contributed by atoms with Crippen LogP contribution < -0.4 is 0 Å². The smallest absolute Gasteiger partial charge is 0.179 e. The van der Waals surface area contributed by atoms with Crippen LogP contribution in [0.15, 0.2) is 18.2 Å². The number of rotatable bonds is 0. The van der Waals surface area contributed by atoms with E-state index in [1.165, 1.54) is 5.56 Å². The predicted molar refractivity (Wildman–Crippen MR) is 65.2 cm³/mol. The summed E-state index contributed by atoms with van der Waals surface area (Å²) < 4.78 is 2.00. The molecule has 0 atom stereocenters. The third-order valence-electron chi connectivity index (χ3n) is 3.36. The lowest BCUT2D eigenvalue weighted by Gasteiger charge is -2.11. The molecule has 82 valence electrons. The first kappa shape index (κ1) is 9.91. The van der Waals surface area contributed by atoms with Gasteiger partial charge in [0.2, 0.25) is 0 Å². The SMILES string of the molecule is Cn1c2c(c3cc(Cl)ccc31)CCCC2=O. The summed E-state index contributed by atoms with van der Waals surface area (Å²) in [5.74, 6) is 0.260. The molecule has 0 N–H and O–H groups in total. The van der Waals surface area contributed by atoms with Crippen molar-refractivity contribution in [1.29, 1.82) is 0 Å². The summed E-state index contributed by atoms with van der Waals surface area (Å²) in [4.78, 5) is 11.9. The van der Waals surface area contributed by atoms with E-state index in [-0.39, 0.29) is 5.78 Å². The third-order valence-corrected chi connectivity index (χ3v) is 3.60. The highest BCUT2D eigenvalue weighted by atomic mass is 35.5. The second-order valence-corrected chi connectivity index (χ2v) is 4.76. The molecule has 0 bridgehead atoms. The van der Waals surface area contributed by atoms with Crippen molar-refractivity contribution in [3.63, 3.8) is 0 Å². The van der Waals surface area contributed by atoms with E-state index in [0.717, 1.165) is 34.5 Å². The number of hydrogen-bond acceptors (Lipinski definition) is 1. The van der Waals surface area contributed by atoms with E-state index in [1.807, 2.05) is 29.8 Å². The van der Waals surface area contributed by atoms with Gasteiger partial charge in [0.25, 0.3) is 0 Å². The quantitative estimate of drug-likeness (QED) is 0.684. The lowest BCUT2D eigenvalue weighted by atomic mass is 9.95. The largest absolute Gasteiger partial charge is 0.341 e. The van der Waals surface area contributed by atoms with Crippen LogP contribution in [0.3, 0.4) is 0 Å². The Morgan fingerprint density at radius 2 is 2.12 bits per heavy atom. The summed E-state index contributed by atoms with van der Waals surface area (Å²) in [6.45, 7) is 0. The minimum Gasteiger partial charge on any atom is -0.341 e. The number of halogens is 1. The molecule has 16 heavy (non-hydrogen) atoms. The molecule has 1 aromatic heterocycles. The number of aromatic nitrogens is 1. The van der Waals surface area contributed by atoms with Gasteiger partial charge in [-0.2, -0.15) is 0 Å². The molecule has 0 fully saturated rings. The molecule has 1 aromatic carbocycles. The van der Waals surface area contributed by atoms with Crippen LogP contribution in [0.5, 0.6) is 0 Å². The molecule has 3 rings (SSSR count). The second-order valence-electron chi connectivity index (χ2n) is 4.32. The maximum absolute atomic E-state index is 11.9. The number of hydrogen-bond donors (Lipinski definition) is 0. The molecule has 2 nitrogen and oxygen atoms in total. The number of aryl methyl sites for hydroxylation is 2. The molecule has 0 saturated carbocycles. The molecule has 0 unspecified atom stereocenters. The van der Waals surface area contributed by atoms with Gasteiger partial charge in [-0.15, -0.1) is 0 Å². The van der Waals surface area contributed by atoms with E-state index in [0.29, 0.717) is 6.42 Å². The van der Waals surface area contributed by atoms with Crippen molar-refractivity contribution in [1.82, 2.24) is 4.57 Å². The Balaban J connectivity index is 2.44. The highest BCUT2D eigenvalue weighted by Crippen LogP contribution is 2.32. The number of fused-ring (bicyclic) bond motifs is 3. The summed E-state index contributed by atoms with van der Waals surface area (Å²) in [5.41, 5.74) is 3.16. The molecular formula is C13H12ClNO. The molecule has 0 radical (unpaired) electrons. The van der Waals surface area contributed by atoms with Crippen molar-refractivity contribution >= 4 is 28.3 Å². The fourth-order valence-corrected chi connectivity index (χ4v) is 2.82. The molecular weight excluding hydrogens is 222 g/mol. The maximum Gasteiger partial charge on any atom is 0.179 e. The first-order valence-electron chi connectivity index (χ1n) is 5.48. The van der Waals surface area contributed by atoms with Crippen LogP contribution in [0, 0.1) is 0 Å². The van der Waals surface area contributed by atoms with Crippen LogP contribution in [0.4, 0.5) is 0 Å². The number of nitrogens with zero attached hydrogens (tertiary/aromatic N) is 1. The first-order valence-corrected chi connectivity index (χ1v) is 5.86. The normalized spacial score (nSPS) is 15.5. The van der Waals surface area contributed by atoms with E-state index in [4.69, 9.17) is 11.6 Å². The van der Waals surface area contributed by atoms with Gasteiger partial charge in [-0.05, 0) is 36.6 Å². The zero-order valence-corrected chi connectivity index (χ0v) is 9.84. The van der Waals surface area contributed by atoms with Crippen LogP contribution in [-0.4, -0.2) is 10.4 Å². The van der Waals surface area contributed by atoms with Gasteiger partial charge in [-0.25, -0.2) is 0 Å². The summed E-state index contributed by atoms with van der Waals surface area (Å²) in [6, 6.07) is 5.83. The van der Waals surface area contributed by atoms with Crippen LogP contribution in [0.25, 0.3) is 10.9 Å². The molecule has 0 spiro atoms. The van der Waals surface area contributed by atoms with Crippen LogP contribution in [0.1, 0.15) is 28.9 Å². The van der Waals surface area contributed by atoms with Crippen molar-refractivity contribution in [3.8, 4) is 0 Å². The van der Waals surface area contributed by atoms with Gasteiger partial charge in [0, 0.05) is 29.4 Å². The van der Waals surface area contributed by atoms with Gasteiger partial charge < -0.3 is 4.57 Å². The van der Waals surface area contributed by atoms with E-state index in [1.54, 1.807) is 0 Å². The van der Waals surface area contributed by atoms with Crippen LogP contribution >= 0.6 is 11.6 Å². The van der Waals surface area contributed by atoms with E-state index in [2.05, 4.69) is 0 Å². The Hall–Kier alpha value is -1.28. The third kappa shape index (κ3) is 1.23. The minimum atomic E-state index is 0.260. The molecule has 1 aliphatic rings. The summed E-state index contributed by atoms with van der Waals surface area (Å²) >= 11 is 6.01. The van der Waals surface area contributed by atoms with Crippen LogP contribution in [0.2, 0.25) is 5.02 Å². The number of Topliss-reactive ketones (excluding diaryl/α,β-unsaturated/α-hetero) is 1. The monoisotopic (exact) mass is 233 g/mol. The highest BCUT2D eigenvalue weighted by Gasteiger charge is 2.24. The van der Waals surface area contributed by atoms with Gasteiger partial charge in [0.1, 0.15) is 0 Å². The lowest BCUT2D eigenvalue weighted by molar-refractivity contribution is 0.0965. The molecule has 0 saturated heterocycles. The van der Waals surface area contributed by atoms with E-state index < -0.39 is 0 Å². The molecule has 0 amide bonds. The zero-order valence-electron chi connectivity index (χ0n) is 9.09. The van der Waals surface area contributed by atoms with Gasteiger partial charge in [-0.3, -0.25) is 4.79 Å². The average Bonchev–Trinajstić information content (AvgIpc) is 2.54. The molecule has 1 aliphatic carbocycles. The summed E-state index contributed by atoms with van der Waals surface area (Å²) in [5, 5.41) is 1.87. The topological polar surface area (TPSA) is 22.0 Å². The lowest BCUT2D eigenvalue weighted by Crippen LogP contribution is -2.13. The minimum absolute atomic E-state index is 0.260. The molecule has 1 heterocycles. The van der Waals surface area contributed by atoms with Crippen molar-refractivity contribution in [2.24, 2.45) is 7.05 Å². The Kier molecular flexibility index (Phi) is 2.08. The van der Waals surface area contributed by atoms with Crippen molar-refractivity contribution in [2.45, 2.75) is 19.3 Å². The molecule has 3 heteroatoms. The molecule has 2 aromatic rings. The fourth-order valence-electron chi connectivity index (χ4n) is 2.65. The average molecular weight is 234 g/mol. The number of carbonyl (C=O) groups is 1. The Bertz CT molecular complexity index is 597. The van der Waals surface area contributed by atoms with E-state index in [9.17, 15) is 4.79 Å². The van der Waals surface area contributed by atoms with Crippen molar-refractivity contribution in [3.05, 3.63) is 34.5 Å². The van der Waals surface area contributed by atoms with Gasteiger partial charge in [-0.1, -0.05) is 11.6 Å². The van der Waals surface area contributed by atoms with Gasteiger partial charge in [0.05, 0.1) is 5.69 Å². The first-order chi connectivity index (χ1) is 7.68. The Morgan fingerprint density at radius 3 is 2.94 bits per heavy atom. The summed E-state index contributed by atoms with van der Waals surface area (Å²) in [6.07, 6.45) is 2.61. The second kappa shape index (κ2) is 3.36.